The van der Waals surface area contributed by atoms with Crippen LogP contribution < -0.4 is 14.4 Å². The summed E-state index contributed by atoms with van der Waals surface area (Å²) in [5.74, 6) is 2.64. The fourth-order valence-electron chi connectivity index (χ4n) is 3.71. The normalized spacial score (nSPS) is 11.1. The van der Waals surface area contributed by atoms with Gasteiger partial charge in [0.1, 0.15) is 28.0 Å². The van der Waals surface area contributed by atoms with Gasteiger partial charge in [0.05, 0.1) is 14.2 Å². The van der Waals surface area contributed by atoms with Crippen LogP contribution in [0.15, 0.2) is 29.6 Å². The van der Waals surface area contributed by atoms with Crippen LogP contribution in [0.3, 0.4) is 0 Å². The van der Waals surface area contributed by atoms with Crippen LogP contribution in [0.2, 0.25) is 0 Å². The molecule has 3 rings (SSSR count). The SMILES string of the molecule is CCCN(CCC)c1c(SC)nc2c(-c3c(C)cc(OC)cc3OC)nccn12. The average molecular weight is 415 g/mol. The summed E-state index contributed by atoms with van der Waals surface area (Å²) in [6.45, 7) is 8.47. The van der Waals surface area contributed by atoms with Crippen LogP contribution >= 0.6 is 11.8 Å². The Hall–Kier alpha value is -2.41. The first-order chi connectivity index (χ1) is 14.1. The van der Waals surface area contributed by atoms with Crippen LogP contribution in [-0.2, 0) is 0 Å². The Bertz CT molecular complexity index is 981. The number of rotatable bonds is 9. The second-order valence-corrected chi connectivity index (χ2v) is 7.72. The molecule has 0 aliphatic carbocycles. The maximum absolute atomic E-state index is 5.69. The minimum absolute atomic E-state index is 0.733. The molecule has 3 aromatic rings. The Labute approximate surface area is 177 Å². The number of benzene rings is 1. The molecule has 0 aliphatic rings. The lowest BCUT2D eigenvalue weighted by Gasteiger charge is -2.24. The highest BCUT2D eigenvalue weighted by Gasteiger charge is 2.23. The van der Waals surface area contributed by atoms with E-state index in [0.717, 1.165) is 70.7 Å². The number of aryl methyl sites for hydroxylation is 1. The molecule has 0 fully saturated rings. The van der Waals surface area contributed by atoms with Crippen molar-refractivity contribution in [2.24, 2.45) is 0 Å². The largest absolute Gasteiger partial charge is 0.497 e. The summed E-state index contributed by atoms with van der Waals surface area (Å²) in [5.41, 5.74) is 3.64. The number of hydrogen-bond acceptors (Lipinski definition) is 6. The summed E-state index contributed by atoms with van der Waals surface area (Å²) >= 11 is 1.67. The average Bonchev–Trinajstić information content (AvgIpc) is 3.11. The third-order valence-electron chi connectivity index (χ3n) is 4.93. The van der Waals surface area contributed by atoms with Crippen molar-refractivity contribution in [3.63, 3.8) is 0 Å². The number of hydrogen-bond donors (Lipinski definition) is 0. The Balaban J connectivity index is 2.28. The van der Waals surface area contributed by atoms with Gasteiger partial charge in [0, 0.05) is 37.1 Å². The van der Waals surface area contributed by atoms with E-state index in [1.807, 2.05) is 31.5 Å². The Morgan fingerprint density at radius 1 is 1.10 bits per heavy atom. The lowest BCUT2D eigenvalue weighted by molar-refractivity contribution is 0.395. The molecule has 2 aromatic heterocycles. The van der Waals surface area contributed by atoms with Gasteiger partial charge in [-0.3, -0.25) is 9.38 Å². The summed E-state index contributed by atoms with van der Waals surface area (Å²) < 4.78 is 13.3. The van der Waals surface area contributed by atoms with Gasteiger partial charge >= 0.3 is 0 Å². The predicted octanol–water partition coefficient (Wildman–Crippen LogP) is 5.07. The zero-order valence-corrected chi connectivity index (χ0v) is 19.0. The number of ether oxygens (including phenoxy) is 2. The lowest BCUT2D eigenvalue weighted by atomic mass is 10.0. The van der Waals surface area contributed by atoms with Crippen molar-refractivity contribution in [1.82, 2.24) is 14.4 Å². The molecule has 0 spiro atoms. The van der Waals surface area contributed by atoms with Crippen LogP contribution in [-0.4, -0.2) is 47.9 Å². The molecule has 1 aromatic carbocycles. The maximum atomic E-state index is 5.69. The lowest BCUT2D eigenvalue weighted by Crippen LogP contribution is -2.26. The highest BCUT2D eigenvalue weighted by molar-refractivity contribution is 7.98. The summed E-state index contributed by atoms with van der Waals surface area (Å²) in [6.07, 6.45) is 8.10. The van der Waals surface area contributed by atoms with Gasteiger partial charge in [-0.1, -0.05) is 13.8 Å². The van der Waals surface area contributed by atoms with Crippen LogP contribution in [0.5, 0.6) is 11.5 Å². The van der Waals surface area contributed by atoms with E-state index in [1.54, 1.807) is 26.0 Å². The van der Waals surface area contributed by atoms with Gasteiger partial charge in [-0.2, -0.15) is 0 Å². The van der Waals surface area contributed by atoms with Crippen molar-refractivity contribution in [1.29, 1.82) is 0 Å². The molecule has 0 aliphatic heterocycles. The number of methoxy groups -OCH3 is 2. The van der Waals surface area contributed by atoms with Gasteiger partial charge in [-0.15, -0.1) is 11.8 Å². The highest BCUT2D eigenvalue weighted by Crippen LogP contribution is 2.39. The molecule has 2 heterocycles. The van der Waals surface area contributed by atoms with Crippen LogP contribution in [0.4, 0.5) is 5.82 Å². The van der Waals surface area contributed by atoms with E-state index in [1.165, 1.54) is 0 Å². The minimum atomic E-state index is 0.733. The van der Waals surface area contributed by atoms with E-state index >= 15 is 0 Å². The molecule has 6 nitrogen and oxygen atoms in total. The highest BCUT2D eigenvalue weighted by atomic mass is 32.2. The molecular weight excluding hydrogens is 384 g/mol. The second-order valence-electron chi connectivity index (χ2n) is 6.92. The fraction of sp³-hybridized carbons (Fsp3) is 0.455. The van der Waals surface area contributed by atoms with Gasteiger partial charge in [-0.25, -0.2) is 4.98 Å². The Morgan fingerprint density at radius 2 is 1.83 bits per heavy atom. The summed E-state index contributed by atoms with van der Waals surface area (Å²) in [7, 11) is 3.33. The van der Waals surface area contributed by atoms with E-state index < -0.39 is 0 Å². The van der Waals surface area contributed by atoms with Crippen molar-refractivity contribution in [2.45, 2.75) is 38.6 Å². The molecule has 0 N–H and O–H groups in total. The molecule has 7 heteroatoms. The fourth-order valence-corrected chi connectivity index (χ4v) is 4.30. The number of imidazole rings is 1. The van der Waals surface area contributed by atoms with Gasteiger partial charge < -0.3 is 14.4 Å². The molecule has 0 unspecified atom stereocenters. The molecule has 0 saturated heterocycles. The molecular formula is C22H30N4O2S. The van der Waals surface area contributed by atoms with Crippen LogP contribution in [0.25, 0.3) is 16.9 Å². The topological polar surface area (TPSA) is 51.9 Å². The molecule has 0 atom stereocenters. The maximum Gasteiger partial charge on any atom is 0.166 e. The van der Waals surface area contributed by atoms with E-state index in [-0.39, 0.29) is 0 Å². The van der Waals surface area contributed by atoms with Crippen molar-refractivity contribution < 1.29 is 9.47 Å². The molecule has 0 amide bonds. The quantitative estimate of drug-likeness (QED) is 0.456. The predicted molar refractivity (Wildman–Crippen MR) is 121 cm³/mol. The van der Waals surface area contributed by atoms with E-state index in [4.69, 9.17) is 19.4 Å². The molecule has 156 valence electrons. The summed E-state index contributed by atoms with van der Waals surface area (Å²) in [5, 5.41) is 1.02. The number of thioether (sulfide) groups is 1. The van der Waals surface area contributed by atoms with Gasteiger partial charge in [0.25, 0.3) is 0 Å². The second kappa shape index (κ2) is 9.39. The van der Waals surface area contributed by atoms with Crippen LogP contribution in [0.1, 0.15) is 32.3 Å². The zero-order valence-electron chi connectivity index (χ0n) is 18.2. The number of nitrogens with zero attached hydrogens (tertiary/aromatic N) is 4. The summed E-state index contributed by atoms with van der Waals surface area (Å²) in [4.78, 5) is 12.1. The van der Waals surface area contributed by atoms with Gasteiger partial charge in [0.2, 0.25) is 0 Å². The van der Waals surface area contributed by atoms with Crippen molar-refractivity contribution in [3.05, 3.63) is 30.1 Å². The first-order valence-electron chi connectivity index (χ1n) is 9.98. The third kappa shape index (κ3) is 4.01. The zero-order chi connectivity index (χ0) is 21.0. The van der Waals surface area contributed by atoms with Gasteiger partial charge in [-0.05, 0) is 37.7 Å². The van der Waals surface area contributed by atoms with Crippen molar-refractivity contribution in [2.75, 3.05) is 38.5 Å². The third-order valence-corrected chi connectivity index (χ3v) is 5.59. The Morgan fingerprint density at radius 3 is 2.41 bits per heavy atom. The van der Waals surface area contributed by atoms with Crippen molar-refractivity contribution in [3.8, 4) is 22.8 Å². The molecule has 0 saturated carbocycles. The molecule has 29 heavy (non-hydrogen) atoms. The first kappa shape index (κ1) is 21.3. The van der Waals surface area contributed by atoms with E-state index in [0.29, 0.717) is 0 Å². The standard InChI is InChI=1S/C22H30N4O2S/c1-7-10-25(11-8-2)22-21(29-6)24-20-19(23-9-12-26(20)22)18-15(3)13-16(27-4)14-17(18)28-5/h9,12-14H,7-8,10-11H2,1-6H3. The van der Waals surface area contributed by atoms with Crippen LogP contribution in [0, 0.1) is 6.92 Å². The van der Waals surface area contributed by atoms with E-state index in [2.05, 4.69) is 29.4 Å². The Kier molecular flexibility index (Phi) is 6.90. The molecule has 0 bridgehead atoms. The number of aromatic nitrogens is 3. The number of fused-ring (bicyclic) bond motifs is 1. The first-order valence-corrected chi connectivity index (χ1v) is 11.2. The number of anilines is 1. The van der Waals surface area contributed by atoms with Gasteiger partial charge in [0.15, 0.2) is 5.65 Å². The molecule has 0 radical (unpaired) electrons. The van der Waals surface area contributed by atoms with E-state index in [9.17, 15) is 0 Å². The smallest absolute Gasteiger partial charge is 0.166 e. The van der Waals surface area contributed by atoms with Crippen molar-refractivity contribution >= 4 is 23.2 Å². The monoisotopic (exact) mass is 414 g/mol. The summed E-state index contributed by atoms with van der Waals surface area (Å²) in [6, 6.07) is 3.90. The minimum Gasteiger partial charge on any atom is -0.497 e.